The summed E-state index contributed by atoms with van der Waals surface area (Å²) in [7, 11) is 1.96. The minimum absolute atomic E-state index is 0.519. The van der Waals surface area contributed by atoms with E-state index >= 15 is 0 Å². The zero-order valence-corrected chi connectivity index (χ0v) is 16.1. The van der Waals surface area contributed by atoms with Gasteiger partial charge < -0.3 is 9.09 Å². The first-order valence-corrected chi connectivity index (χ1v) is 9.69. The average molecular weight is 398 g/mol. The summed E-state index contributed by atoms with van der Waals surface area (Å²) in [6.45, 7) is 0. The smallest absolute Gasteiger partial charge is 0.237 e. The predicted octanol–water partition coefficient (Wildman–Crippen LogP) is 4.40. The molecule has 8 heteroatoms. The first kappa shape index (κ1) is 17.8. The Bertz CT molecular complexity index is 1050. The molecule has 6 nitrogen and oxygen atoms in total. The van der Waals surface area contributed by atoms with Crippen molar-refractivity contribution in [3.05, 3.63) is 76.9 Å². The molecule has 0 radical (unpaired) electrons. The summed E-state index contributed by atoms with van der Waals surface area (Å²) in [5.41, 5.74) is 2.03. The molecule has 2 heterocycles. The van der Waals surface area contributed by atoms with E-state index < -0.39 is 0 Å². The molecule has 0 N–H and O–H groups in total. The lowest BCUT2D eigenvalue weighted by Crippen LogP contribution is -2.00. The van der Waals surface area contributed by atoms with Crippen LogP contribution in [0.25, 0.3) is 11.4 Å². The van der Waals surface area contributed by atoms with Gasteiger partial charge >= 0.3 is 0 Å². The van der Waals surface area contributed by atoms with Gasteiger partial charge in [0.2, 0.25) is 11.7 Å². The molecular formula is C19H16ClN5OS. The molecule has 0 spiro atoms. The van der Waals surface area contributed by atoms with Crippen LogP contribution in [0, 0.1) is 0 Å². The molecule has 2 aromatic carbocycles. The van der Waals surface area contributed by atoms with E-state index in [1.54, 1.807) is 0 Å². The van der Waals surface area contributed by atoms with Crippen molar-refractivity contribution in [2.24, 2.45) is 7.05 Å². The van der Waals surface area contributed by atoms with E-state index in [0.717, 1.165) is 23.0 Å². The third-order valence-corrected chi connectivity index (χ3v) is 5.25. The maximum Gasteiger partial charge on any atom is 0.237 e. The molecule has 136 valence electrons. The summed E-state index contributed by atoms with van der Waals surface area (Å²) in [4.78, 5) is 4.43. The van der Waals surface area contributed by atoms with E-state index in [9.17, 15) is 0 Å². The molecule has 27 heavy (non-hydrogen) atoms. The number of hydrogen-bond donors (Lipinski definition) is 0. The van der Waals surface area contributed by atoms with E-state index in [1.807, 2.05) is 54.1 Å². The van der Waals surface area contributed by atoms with Crippen LogP contribution in [0.5, 0.6) is 0 Å². The molecule has 0 amide bonds. The van der Waals surface area contributed by atoms with Gasteiger partial charge in [0.05, 0.1) is 5.75 Å². The van der Waals surface area contributed by atoms with Crippen LogP contribution < -0.4 is 0 Å². The molecule has 0 fully saturated rings. The Kier molecular flexibility index (Phi) is 5.22. The summed E-state index contributed by atoms with van der Waals surface area (Å²) in [5.74, 6) is 2.48. The van der Waals surface area contributed by atoms with Crippen molar-refractivity contribution in [3.8, 4) is 11.4 Å². The molecular weight excluding hydrogens is 382 g/mol. The van der Waals surface area contributed by atoms with Crippen LogP contribution in [-0.4, -0.2) is 24.9 Å². The summed E-state index contributed by atoms with van der Waals surface area (Å²) in [5, 5.41) is 14.0. The minimum Gasteiger partial charge on any atom is -0.338 e. The van der Waals surface area contributed by atoms with E-state index in [0.29, 0.717) is 22.5 Å². The molecule has 4 aromatic rings. The Morgan fingerprint density at radius 3 is 2.74 bits per heavy atom. The zero-order chi connectivity index (χ0) is 18.6. The van der Waals surface area contributed by atoms with Gasteiger partial charge in [0.15, 0.2) is 5.16 Å². The van der Waals surface area contributed by atoms with Gasteiger partial charge in [0, 0.05) is 24.1 Å². The second-order valence-corrected chi connectivity index (χ2v) is 7.31. The fourth-order valence-electron chi connectivity index (χ4n) is 2.59. The molecule has 2 aromatic heterocycles. The molecule has 0 aliphatic rings. The second-order valence-electron chi connectivity index (χ2n) is 5.93. The highest BCUT2D eigenvalue weighted by Gasteiger charge is 2.13. The number of aromatic nitrogens is 5. The summed E-state index contributed by atoms with van der Waals surface area (Å²) in [6.07, 6.45) is 0.740. The van der Waals surface area contributed by atoms with Crippen molar-refractivity contribution < 1.29 is 4.52 Å². The van der Waals surface area contributed by atoms with Crippen molar-refractivity contribution in [2.45, 2.75) is 17.3 Å². The first-order chi connectivity index (χ1) is 13.2. The lowest BCUT2D eigenvalue weighted by atomic mass is 10.1. The van der Waals surface area contributed by atoms with Crippen molar-refractivity contribution in [2.75, 3.05) is 0 Å². The van der Waals surface area contributed by atoms with Gasteiger partial charge in [0.25, 0.3) is 0 Å². The molecule has 0 bridgehead atoms. The van der Waals surface area contributed by atoms with Crippen molar-refractivity contribution >= 4 is 23.4 Å². The highest BCUT2D eigenvalue weighted by molar-refractivity contribution is 7.98. The molecule has 0 unspecified atom stereocenters. The van der Waals surface area contributed by atoms with Crippen LogP contribution in [0.15, 0.2) is 64.3 Å². The van der Waals surface area contributed by atoms with Crippen LogP contribution in [0.2, 0.25) is 5.02 Å². The third kappa shape index (κ3) is 4.20. The number of halogens is 1. The van der Waals surface area contributed by atoms with Gasteiger partial charge in [0.1, 0.15) is 5.82 Å². The monoisotopic (exact) mass is 397 g/mol. The summed E-state index contributed by atoms with van der Waals surface area (Å²) < 4.78 is 7.33. The van der Waals surface area contributed by atoms with Crippen LogP contribution in [0.4, 0.5) is 0 Å². The van der Waals surface area contributed by atoms with Crippen LogP contribution >= 0.6 is 23.4 Å². The van der Waals surface area contributed by atoms with Gasteiger partial charge in [-0.1, -0.05) is 71.0 Å². The maximum absolute atomic E-state index is 6.01. The molecule has 0 atom stereocenters. The number of benzene rings is 2. The summed E-state index contributed by atoms with van der Waals surface area (Å²) in [6, 6.07) is 17.6. The van der Waals surface area contributed by atoms with E-state index in [-0.39, 0.29) is 0 Å². The van der Waals surface area contributed by atoms with Crippen LogP contribution in [0.1, 0.15) is 17.3 Å². The van der Waals surface area contributed by atoms with Gasteiger partial charge in [-0.15, -0.1) is 10.2 Å². The van der Waals surface area contributed by atoms with E-state index in [1.165, 1.54) is 17.3 Å². The Hall–Kier alpha value is -2.64. The van der Waals surface area contributed by atoms with Gasteiger partial charge in [-0.25, -0.2) is 0 Å². The number of nitrogens with zero attached hydrogens (tertiary/aromatic N) is 5. The number of hydrogen-bond acceptors (Lipinski definition) is 6. The second kappa shape index (κ2) is 7.94. The van der Waals surface area contributed by atoms with Crippen molar-refractivity contribution in [1.82, 2.24) is 24.9 Å². The number of rotatable bonds is 6. The molecule has 0 saturated carbocycles. The first-order valence-electron chi connectivity index (χ1n) is 8.32. The van der Waals surface area contributed by atoms with Crippen molar-refractivity contribution in [1.29, 1.82) is 0 Å². The Balaban J connectivity index is 1.42. The van der Waals surface area contributed by atoms with Crippen molar-refractivity contribution in [3.63, 3.8) is 0 Å². The topological polar surface area (TPSA) is 69.6 Å². The third-order valence-electron chi connectivity index (χ3n) is 4.01. The SMILES string of the molecule is Cn1c(Cc2ccccc2)nnc1SCc1nc(-c2cccc(Cl)c2)no1. The molecule has 0 saturated heterocycles. The number of thioether (sulfide) groups is 1. The quantitative estimate of drug-likeness (QED) is 0.449. The van der Waals surface area contributed by atoms with Crippen LogP contribution in [0.3, 0.4) is 0 Å². The van der Waals surface area contributed by atoms with Gasteiger partial charge in [-0.3, -0.25) is 0 Å². The molecule has 4 rings (SSSR count). The predicted molar refractivity (Wildman–Crippen MR) is 105 cm³/mol. The normalized spacial score (nSPS) is 11.0. The van der Waals surface area contributed by atoms with Gasteiger partial charge in [-0.2, -0.15) is 4.98 Å². The highest BCUT2D eigenvalue weighted by Crippen LogP contribution is 2.24. The van der Waals surface area contributed by atoms with E-state index in [2.05, 4.69) is 32.5 Å². The Morgan fingerprint density at radius 1 is 1.07 bits per heavy atom. The van der Waals surface area contributed by atoms with Crippen LogP contribution in [-0.2, 0) is 19.2 Å². The van der Waals surface area contributed by atoms with E-state index in [4.69, 9.17) is 16.1 Å². The zero-order valence-electron chi connectivity index (χ0n) is 14.5. The fourth-order valence-corrected chi connectivity index (χ4v) is 3.55. The van der Waals surface area contributed by atoms with Gasteiger partial charge in [-0.05, 0) is 17.7 Å². The highest BCUT2D eigenvalue weighted by atomic mass is 35.5. The maximum atomic E-state index is 6.01. The molecule has 0 aliphatic heterocycles. The summed E-state index contributed by atoms with van der Waals surface area (Å²) >= 11 is 7.52. The average Bonchev–Trinajstić information content (AvgIpc) is 3.29. The Morgan fingerprint density at radius 2 is 1.93 bits per heavy atom. The lowest BCUT2D eigenvalue weighted by molar-refractivity contribution is 0.391. The minimum atomic E-state index is 0.519. The standard InChI is InChI=1S/C19H16ClN5OS/c1-25-16(10-13-6-3-2-4-7-13)22-23-19(25)27-12-17-21-18(24-26-17)14-8-5-9-15(20)11-14/h2-9,11H,10,12H2,1H3. The molecule has 0 aliphatic carbocycles. The largest absolute Gasteiger partial charge is 0.338 e. The lowest BCUT2D eigenvalue weighted by Gasteiger charge is -2.03. The Labute approximate surface area is 165 Å². The fraction of sp³-hybridized carbons (Fsp3) is 0.158.